The van der Waals surface area contributed by atoms with Crippen molar-refractivity contribution in [2.24, 2.45) is 0 Å². The standard InChI is InChI=1S/C18H19FN2O3/c1-13-7-8-14(24-13)9-10-17(22)20-11-4-12-21-18(23)15-5-2-3-6-16(15)19/h2-3,5-10H,4,11-12H2,1H3,(H,20,22)(H,21,23)/b10-9-. The van der Waals surface area contributed by atoms with E-state index in [1.807, 2.05) is 13.0 Å². The van der Waals surface area contributed by atoms with Gasteiger partial charge in [-0.3, -0.25) is 9.59 Å². The number of halogens is 1. The summed E-state index contributed by atoms with van der Waals surface area (Å²) in [5.41, 5.74) is 0.0122. The zero-order valence-electron chi connectivity index (χ0n) is 13.3. The molecule has 24 heavy (non-hydrogen) atoms. The molecule has 0 saturated carbocycles. The van der Waals surface area contributed by atoms with E-state index in [9.17, 15) is 14.0 Å². The number of benzene rings is 1. The summed E-state index contributed by atoms with van der Waals surface area (Å²) in [6, 6.07) is 9.38. The van der Waals surface area contributed by atoms with Crippen LogP contribution >= 0.6 is 0 Å². The van der Waals surface area contributed by atoms with Crippen LogP contribution in [-0.4, -0.2) is 24.9 Å². The Morgan fingerprint density at radius 3 is 2.58 bits per heavy atom. The Morgan fingerprint density at radius 2 is 1.88 bits per heavy atom. The number of aryl methyl sites for hydroxylation is 1. The van der Waals surface area contributed by atoms with Crippen molar-refractivity contribution >= 4 is 17.9 Å². The first kappa shape index (κ1) is 17.5. The van der Waals surface area contributed by atoms with Gasteiger partial charge >= 0.3 is 0 Å². The fourth-order valence-corrected chi connectivity index (χ4v) is 2.00. The monoisotopic (exact) mass is 330 g/mol. The molecule has 0 aliphatic rings. The van der Waals surface area contributed by atoms with E-state index in [4.69, 9.17) is 4.42 Å². The first-order chi connectivity index (χ1) is 11.6. The van der Waals surface area contributed by atoms with Crippen LogP contribution in [-0.2, 0) is 4.79 Å². The van der Waals surface area contributed by atoms with Crippen LogP contribution in [0.5, 0.6) is 0 Å². The Labute approximate surface area is 139 Å². The van der Waals surface area contributed by atoms with Gasteiger partial charge < -0.3 is 15.1 Å². The summed E-state index contributed by atoms with van der Waals surface area (Å²) in [6.07, 6.45) is 3.51. The van der Waals surface area contributed by atoms with Gasteiger partial charge in [0.05, 0.1) is 5.56 Å². The SMILES string of the molecule is Cc1ccc(/C=C\C(=O)NCCCNC(=O)c2ccccc2F)o1. The molecule has 2 rings (SSSR count). The van der Waals surface area contributed by atoms with Crippen LogP contribution in [0.1, 0.15) is 28.3 Å². The molecule has 126 valence electrons. The number of rotatable bonds is 7. The van der Waals surface area contributed by atoms with Crippen LogP contribution in [0.3, 0.4) is 0 Å². The molecule has 2 N–H and O–H groups in total. The van der Waals surface area contributed by atoms with E-state index in [1.54, 1.807) is 18.2 Å². The number of carbonyl (C=O) groups is 2. The second-order valence-corrected chi connectivity index (χ2v) is 5.16. The maximum absolute atomic E-state index is 13.4. The molecule has 0 aliphatic heterocycles. The third-order valence-corrected chi connectivity index (χ3v) is 3.22. The van der Waals surface area contributed by atoms with Gasteiger partial charge in [0.25, 0.3) is 5.91 Å². The number of nitrogens with one attached hydrogen (secondary N) is 2. The fourth-order valence-electron chi connectivity index (χ4n) is 2.00. The highest BCUT2D eigenvalue weighted by Crippen LogP contribution is 2.07. The lowest BCUT2D eigenvalue weighted by Crippen LogP contribution is -2.29. The van der Waals surface area contributed by atoms with Crippen molar-refractivity contribution in [3.63, 3.8) is 0 Å². The van der Waals surface area contributed by atoms with Crippen molar-refractivity contribution in [2.75, 3.05) is 13.1 Å². The first-order valence-corrected chi connectivity index (χ1v) is 7.61. The Balaban J connectivity index is 1.64. The summed E-state index contributed by atoms with van der Waals surface area (Å²) in [7, 11) is 0. The molecule has 0 bridgehead atoms. The molecule has 2 aromatic rings. The summed E-state index contributed by atoms with van der Waals surface area (Å²) in [5.74, 6) is 0.124. The number of furan rings is 1. The van der Waals surface area contributed by atoms with Crippen LogP contribution in [0.2, 0.25) is 0 Å². The molecule has 5 nitrogen and oxygen atoms in total. The van der Waals surface area contributed by atoms with Crippen molar-refractivity contribution in [2.45, 2.75) is 13.3 Å². The summed E-state index contributed by atoms with van der Waals surface area (Å²) < 4.78 is 18.7. The molecule has 0 fully saturated rings. The average Bonchev–Trinajstić information content (AvgIpc) is 2.98. The smallest absolute Gasteiger partial charge is 0.254 e. The zero-order chi connectivity index (χ0) is 17.4. The number of carbonyl (C=O) groups excluding carboxylic acids is 2. The molecule has 0 saturated heterocycles. The maximum atomic E-state index is 13.4. The molecule has 0 radical (unpaired) electrons. The summed E-state index contributed by atoms with van der Waals surface area (Å²) in [6.45, 7) is 2.57. The predicted octanol–water partition coefficient (Wildman–Crippen LogP) is 2.68. The summed E-state index contributed by atoms with van der Waals surface area (Å²) >= 11 is 0. The summed E-state index contributed by atoms with van der Waals surface area (Å²) in [4.78, 5) is 23.4. The summed E-state index contributed by atoms with van der Waals surface area (Å²) in [5, 5.41) is 5.30. The van der Waals surface area contributed by atoms with Gasteiger partial charge in [0, 0.05) is 19.2 Å². The van der Waals surface area contributed by atoms with Crippen molar-refractivity contribution in [1.82, 2.24) is 10.6 Å². The van der Waals surface area contributed by atoms with E-state index in [0.29, 0.717) is 25.3 Å². The molecule has 1 heterocycles. The van der Waals surface area contributed by atoms with Crippen LogP contribution < -0.4 is 10.6 Å². The molecule has 2 amide bonds. The van der Waals surface area contributed by atoms with Crippen molar-refractivity contribution in [3.05, 3.63) is 65.4 Å². The quantitative estimate of drug-likeness (QED) is 0.606. The molecule has 1 aromatic heterocycles. The largest absolute Gasteiger partial charge is 0.462 e. The lowest BCUT2D eigenvalue weighted by molar-refractivity contribution is -0.116. The minimum atomic E-state index is -0.554. The van der Waals surface area contributed by atoms with E-state index in [0.717, 1.165) is 5.76 Å². The van der Waals surface area contributed by atoms with Gasteiger partial charge in [-0.05, 0) is 43.7 Å². The van der Waals surface area contributed by atoms with Crippen LogP contribution in [0.25, 0.3) is 6.08 Å². The highest BCUT2D eigenvalue weighted by molar-refractivity contribution is 5.94. The van der Waals surface area contributed by atoms with Crippen LogP contribution in [0.15, 0.2) is 46.9 Å². The average molecular weight is 330 g/mol. The Bertz CT molecular complexity index is 737. The van der Waals surface area contributed by atoms with E-state index < -0.39 is 11.7 Å². The maximum Gasteiger partial charge on any atom is 0.254 e. The predicted molar refractivity (Wildman–Crippen MR) is 88.8 cm³/mol. The normalized spacial score (nSPS) is 10.8. The molecular weight excluding hydrogens is 311 g/mol. The zero-order valence-corrected chi connectivity index (χ0v) is 13.3. The number of hydrogen-bond acceptors (Lipinski definition) is 3. The molecule has 0 aliphatic carbocycles. The number of hydrogen-bond donors (Lipinski definition) is 2. The van der Waals surface area contributed by atoms with Gasteiger partial charge in [-0.2, -0.15) is 0 Å². The van der Waals surface area contributed by atoms with E-state index in [2.05, 4.69) is 10.6 Å². The lowest BCUT2D eigenvalue weighted by Gasteiger charge is -2.06. The molecule has 0 unspecified atom stereocenters. The van der Waals surface area contributed by atoms with Crippen molar-refractivity contribution in [1.29, 1.82) is 0 Å². The van der Waals surface area contributed by atoms with E-state index in [1.165, 1.54) is 24.3 Å². The van der Waals surface area contributed by atoms with Gasteiger partial charge in [0.2, 0.25) is 5.91 Å². The molecule has 0 atom stereocenters. The molecular formula is C18H19FN2O3. The highest BCUT2D eigenvalue weighted by atomic mass is 19.1. The van der Waals surface area contributed by atoms with Crippen LogP contribution in [0.4, 0.5) is 4.39 Å². The molecule has 0 spiro atoms. The topological polar surface area (TPSA) is 71.3 Å². The Kier molecular flexibility index (Phi) is 6.31. The first-order valence-electron chi connectivity index (χ1n) is 7.61. The van der Waals surface area contributed by atoms with Crippen molar-refractivity contribution < 1.29 is 18.4 Å². The Hall–Kier alpha value is -2.89. The van der Waals surface area contributed by atoms with Gasteiger partial charge in [0.1, 0.15) is 17.3 Å². The molecule has 1 aromatic carbocycles. The minimum absolute atomic E-state index is 0.0122. The lowest BCUT2D eigenvalue weighted by atomic mass is 10.2. The third kappa shape index (κ3) is 5.39. The fraction of sp³-hybridized carbons (Fsp3) is 0.222. The van der Waals surface area contributed by atoms with Gasteiger partial charge in [-0.25, -0.2) is 4.39 Å². The van der Waals surface area contributed by atoms with Gasteiger partial charge in [-0.15, -0.1) is 0 Å². The van der Waals surface area contributed by atoms with E-state index in [-0.39, 0.29) is 11.5 Å². The third-order valence-electron chi connectivity index (χ3n) is 3.22. The highest BCUT2D eigenvalue weighted by Gasteiger charge is 2.09. The minimum Gasteiger partial charge on any atom is -0.462 e. The van der Waals surface area contributed by atoms with Gasteiger partial charge in [-0.1, -0.05) is 12.1 Å². The Morgan fingerprint density at radius 1 is 1.12 bits per heavy atom. The van der Waals surface area contributed by atoms with Gasteiger partial charge in [0.15, 0.2) is 0 Å². The van der Waals surface area contributed by atoms with Crippen molar-refractivity contribution in [3.8, 4) is 0 Å². The second kappa shape index (κ2) is 8.67. The van der Waals surface area contributed by atoms with Crippen LogP contribution in [0, 0.1) is 12.7 Å². The second-order valence-electron chi connectivity index (χ2n) is 5.16. The molecule has 6 heteroatoms. The van der Waals surface area contributed by atoms with E-state index >= 15 is 0 Å². The number of amides is 2.